The zero-order valence-electron chi connectivity index (χ0n) is 13.0. The van der Waals surface area contributed by atoms with E-state index in [1.165, 1.54) is 0 Å². The number of halogens is 1. The number of benzene rings is 2. The molecule has 8 heteroatoms. The molecular formula is C17H14ClN5O2. The Balaban J connectivity index is 1.61. The molecule has 2 N–H and O–H groups in total. The molecule has 1 heterocycles. The van der Waals surface area contributed by atoms with Gasteiger partial charge in [0.2, 0.25) is 5.95 Å². The average molecular weight is 356 g/mol. The minimum atomic E-state index is -0.365. The van der Waals surface area contributed by atoms with Crippen molar-refractivity contribution in [3.8, 4) is 5.75 Å². The van der Waals surface area contributed by atoms with Gasteiger partial charge in [0.1, 0.15) is 18.6 Å². The van der Waals surface area contributed by atoms with Crippen LogP contribution in [-0.4, -0.2) is 21.4 Å². The number of aromatic amines is 1. The van der Waals surface area contributed by atoms with Crippen LogP contribution in [0.25, 0.3) is 0 Å². The molecule has 126 valence electrons. The van der Waals surface area contributed by atoms with Crippen molar-refractivity contribution >= 4 is 23.8 Å². The molecule has 0 spiro atoms. The third-order valence-corrected chi connectivity index (χ3v) is 3.45. The third-order valence-electron chi connectivity index (χ3n) is 3.15. The number of hydrogen-bond acceptors (Lipinski definition) is 6. The molecule has 0 bridgehead atoms. The first kappa shape index (κ1) is 16.7. The van der Waals surface area contributed by atoms with Gasteiger partial charge in [0.05, 0.1) is 11.2 Å². The van der Waals surface area contributed by atoms with E-state index in [0.29, 0.717) is 17.4 Å². The van der Waals surface area contributed by atoms with Gasteiger partial charge in [0.15, 0.2) is 0 Å². The zero-order chi connectivity index (χ0) is 17.5. The van der Waals surface area contributed by atoms with Crippen molar-refractivity contribution in [1.29, 1.82) is 0 Å². The van der Waals surface area contributed by atoms with Gasteiger partial charge < -0.3 is 4.74 Å². The van der Waals surface area contributed by atoms with Gasteiger partial charge in [0, 0.05) is 0 Å². The number of rotatable bonds is 6. The van der Waals surface area contributed by atoms with Crippen molar-refractivity contribution in [2.75, 3.05) is 5.43 Å². The molecule has 0 atom stereocenters. The van der Waals surface area contributed by atoms with Crippen LogP contribution >= 0.6 is 11.6 Å². The van der Waals surface area contributed by atoms with Gasteiger partial charge in [-0.1, -0.05) is 41.9 Å². The summed E-state index contributed by atoms with van der Waals surface area (Å²) < 4.78 is 5.71. The van der Waals surface area contributed by atoms with Crippen LogP contribution in [0.2, 0.25) is 5.02 Å². The van der Waals surface area contributed by atoms with E-state index in [-0.39, 0.29) is 11.5 Å². The summed E-state index contributed by atoms with van der Waals surface area (Å²) in [6.07, 6.45) is 2.61. The number of nitrogens with one attached hydrogen (secondary N) is 2. The maximum absolute atomic E-state index is 11.1. The summed E-state index contributed by atoms with van der Waals surface area (Å²) >= 11 is 6.24. The van der Waals surface area contributed by atoms with E-state index in [0.717, 1.165) is 17.3 Å². The van der Waals surface area contributed by atoms with Gasteiger partial charge >= 0.3 is 0 Å². The largest absolute Gasteiger partial charge is 0.487 e. The molecule has 1 aromatic heterocycles. The van der Waals surface area contributed by atoms with Gasteiger partial charge in [0.25, 0.3) is 5.56 Å². The summed E-state index contributed by atoms with van der Waals surface area (Å²) in [5.74, 6) is 0.742. The molecule has 0 saturated carbocycles. The van der Waals surface area contributed by atoms with Crippen LogP contribution in [0.15, 0.2) is 64.6 Å². The third kappa shape index (κ3) is 4.89. The molecular weight excluding hydrogens is 342 g/mol. The Morgan fingerprint density at radius 2 is 2.08 bits per heavy atom. The second-order valence-electron chi connectivity index (χ2n) is 5.02. The lowest BCUT2D eigenvalue weighted by Crippen LogP contribution is -2.10. The number of anilines is 1. The van der Waals surface area contributed by atoms with E-state index in [9.17, 15) is 4.79 Å². The Hall–Kier alpha value is -3.19. The Morgan fingerprint density at radius 1 is 1.24 bits per heavy atom. The van der Waals surface area contributed by atoms with E-state index in [1.54, 1.807) is 18.3 Å². The maximum Gasteiger partial charge on any atom is 0.271 e. The van der Waals surface area contributed by atoms with Crippen LogP contribution < -0.4 is 15.7 Å². The summed E-state index contributed by atoms with van der Waals surface area (Å²) in [6.45, 7) is 0.440. The summed E-state index contributed by atoms with van der Waals surface area (Å²) in [5, 5.41) is 11.6. The van der Waals surface area contributed by atoms with Crippen LogP contribution in [0, 0.1) is 0 Å². The molecule has 0 saturated heterocycles. The van der Waals surface area contributed by atoms with Crippen LogP contribution in [0.3, 0.4) is 0 Å². The summed E-state index contributed by atoms with van der Waals surface area (Å²) in [6, 6.07) is 15.2. The number of aromatic nitrogens is 3. The highest BCUT2D eigenvalue weighted by Crippen LogP contribution is 2.25. The Labute approximate surface area is 148 Å². The topological polar surface area (TPSA) is 92.3 Å². The predicted octanol–water partition coefficient (Wildman–Crippen LogP) is 2.84. The number of H-pyrrole nitrogens is 1. The second-order valence-corrected chi connectivity index (χ2v) is 5.42. The molecule has 0 amide bonds. The lowest BCUT2D eigenvalue weighted by Gasteiger charge is -2.08. The monoisotopic (exact) mass is 355 g/mol. The highest BCUT2D eigenvalue weighted by Gasteiger charge is 2.03. The summed E-state index contributed by atoms with van der Waals surface area (Å²) in [4.78, 5) is 13.5. The number of hydrogen-bond donors (Lipinski definition) is 2. The molecule has 0 unspecified atom stereocenters. The van der Waals surface area contributed by atoms with Crippen molar-refractivity contribution in [3.63, 3.8) is 0 Å². The van der Waals surface area contributed by atoms with Crippen molar-refractivity contribution < 1.29 is 4.74 Å². The minimum Gasteiger partial charge on any atom is -0.487 e. The first-order valence-corrected chi connectivity index (χ1v) is 7.76. The van der Waals surface area contributed by atoms with Crippen molar-refractivity contribution in [2.24, 2.45) is 5.10 Å². The predicted molar refractivity (Wildman–Crippen MR) is 96.1 cm³/mol. The van der Waals surface area contributed by atoms with Crippen LogP contribution in [0.5, 0.6) is 5.75 Å². The molecule has 25 heavy (non-hydrogen) atoms. The molecule has 2 aromatic carbocycles. The maximum atomic E-state index is 11.1. The van der Waals surface area contributed by atoms with Crippen molar-refractivity contribution in [2.45, 2.75) is 6.61 Å². The molecule has 3 aromatic rings. The first-order chi connectivity index (χ1) is 12.2. The lowest BCUT2D eigenvalue weighted by molar-refractivity contribution is 0.306. The van der Waals surface area contributed by atoms with E-state index < -0.39 is 0 Å². The quantitative estimate of drug-likeness (QED) is 0.524. The summed E-state index contributed by atoms with van der Waals surface area (Å²) in [7, 11) is 0. The minimum absolute atomic E-state index is 0.151. The van der Waals surface area contributed by atoms with E-state index in [2.05, 4.69) is 25.7 Å². The van der Waals surface area contributed by atoms with Gasteiger partial charge in [-0.05, 0) is 29.3 Å². The molecule has 7 nitrogen and oxygen atoms in total. The second kappa shape index (κ2) is 8.07. The molecule has 0 aliphatic carbocycles. The fourth-order valence-electron chi connectivity index (χ4n) is 1.98. The highest BCUT2D eigenvalue weighted by atomic mass is 35.5. The number of nitrogens with zero attached hydrogens (tertiary/aromatic N) is 3. The van der Waals surface area contributed by atoms with Crippen LogP contribution in [-0.2, 0) is 6.61 Å². The van der Waals surface area contributed by atoms with E-state index in [1.807, 2.05) is 36.4 Å². The van der Waals surface area contributed by atoms with Gasteiger partial charge in [-0.2, -0.15) is 5.10 Å². The number of hydrazone groups is 1. The molecule has 0 aliphatic rings. The zero-order valence-corrected chi connectivity index (χ0v) is 13.8. The molecule has 0 aliphatic heterocycles. The molecule has 3 rings (SSSR count). The number of ether oxygens (including phenoxy) is 1. The van der Waals surface area contributed by atoms with E-state index in [4.69, 9.17) is 16.3 Å². The van der Waals surface area contributed by atoms with Crippen LogP contribution in [0.4, 0.5) is 5.95 Å². The SMILES string of the molecule is O=c1cnnc(N/N=C/c2ccc(OCc3ccccc3)c(Cl)c2)[nH]1. The Bertz CT molecular complexity index is 928. The fourth-order valence-corrected chi connectivity index (χ4v) is 2.22. The van der Waals surface area contributed by atoms with Crippen molar-refractivity contribution in [1.82, 2.24) is 15.2 Å². The van der Waals surface area contributed by atoms with Gasteiger partial charge in [-0.25, -0.2) is 5.43 Å². The summed E-state index contributed by atoms with van der Waals surface area (Å²) in [5.41, 5.74) is 4.04. The van der Waals surface area contributed by atoms with Crippen molar-refractivity contribution in [3.05, 3.63) is 81.2 Å². The van der Waals surface area contributed by atoms with Gasteiger partial charge in [-0.3, -0.25) is 9.78 Å². The standard InChI is InChI=1S/C17H14ClN5O2/c18-14-8-13(9-19-22-17-21-16(24)10-20-23-17)6-7-15(14)25-11-12-4-2-1-3-5-12/h1-10H,11H2,(H2,21,22,23,24)/b19-9+. The fraction of sp³-hybridized carbons (Fsp3) is 0.0588. The van der Waals surface area contributed by atoms with Crippen LogP contribution in [0.1, 0.15) is 11.1 Å². The Kier molecular flexibility index (Phi) is 5.38. The molecule has 0 fully saturated rings. The Morgan fingerprint density at radius 3 is 2.84 bits per heavy atom. The van der Waals surface area contributed by atoms with Gasteiger partial charge in [-0.15, -0.1) is 10.2 Å². The first-order valence-electron chi connectivity index (χ1n) is 7.38. The van der Waals surface area contributed by atoms with E-state index >= 15 is 0 Å². The normalized spacial score (nSPS) is 10.8. The smallest absolute Gasteiger partial charge is 0.271 e. The molecule has 0 radical (unpaired) electrons. The lowest BCUT2D eigenvalue weighted by atomic mass is 10.2. The average Bonchev–Trinajstić information content (AvgIpc) is 2.62. The highest BCUT2D eigenvalue weighted by molar-refractivity contribution is 6.32.